The van der Waals surface area contributed by atoms with Crippen molar-refractivity contribution in [3.8, 4) is 0 Å². The molecule has 102 valence electrons. The Kier molecular flexibility index (Phi) is 7.03. The zero-order chi connectivity index (χ0) is 12.6. The van der Waals surface area contributed by atoms with Crippen molar-refractivity contribution >= 4 is 10.0 Å². The van der Waals surface area contributed by atoms with Crippen LogP contribution in [-0.2, 0) is 14.8 Å². The average molecular weight is 264 g/mol. The molecule has 0 atom stereocenters. The number of rotatable bonds is 8. The van der Waals surface area contributed by atoms with Crippen molar-refractivity contribution in [1.29, 1.82) is 0 Å². The Morgan fingerprint density at radius 1 is 1.35 bits per heavy atom. The van der Waals surface area contributed by atoms with Gasteiger partial charge >= 0.3 is 0 Å². The van der Waals surface area contributed by atoms with Crippen molar-refractivity contribution in [1.82, 2.24) is 10.0 Å². The number of ether oxygens (including phenoxy) is 1. The van der Waals surface area contributed by atoms with E-state index in [0.29, 0.717) is 25.5 Å². The Labute approximate surface area is 104 Å². The van der Waals surface area contributed by atoms with Gasteiger partial charge in [0.1, 0.15) is 0 Å². The minimum absolute atomic E-state index is 0.160. The van der Waals surface area contributed by atoms with Crippen molar-refractivity contribution in [3.63, 3.8) is 0 Å². The number of nitrogens with one attached hydrogen (secondary N) is 2. The molecule has 0 spiro atoms. The molecule has 17 heavy (non-hydrogen) atoms. The molecular formula is C11H24N2O3S. The van der Waals surface area contributed by atoms with Crippen LogP contribution in [0.4, 0.5) is 0 Å². The van der Waals surface area contributed by atoms with Crippen LogP contribution in [0, 0.1) is 5.92 Å². The van der Waals surface area contributed by atoms with E-state index in [1.807, 2.05) is 0 Å². The second kappa shape index (κ2) is 8.02. The summed E-state index contributed by atoms with van der Waals surface area (Å²) in [5, 5.41) is 3.30. The van der Waals surface area contributed by atoms with Crippen LogP contribution in [0.15, 0.2) is 0 Å². The van der Waals surface area contributed by atoms with Crippen LogP contribution >= 0.6 is 0 Å². The molecule has 0 aliphatic carbocycles. The molecule has 1 fully saturated rings. The summed E-state index contributed by atoms with van der Waals surface area (Å²) < 4.78 is 30.6. The smallest absolute Gasteiger partial charge is 0.211 e. The lowest BCUT2D eigenvalue weighted by Crippen LogP contribution is -2.32. The zero-order valence-electron chi connectivity index (χ0n) is 10.6. The first-order valence-corrected chi connectivity index (χ1v) is 7.96. The van der Waals surface area contributed by atoms with Crippen LogP contribution in [0.2, 0.25) is 0 Å². The molecule has 1 rings (SSSR count). The lowest BCUT2D eigenvalue weighted by molar-refractivity contribution is 0.199. The van der Waals surface area contributed by atoms with Crippen molar-refractivity contribution in [2.45, 2.75) is 25.7 Å². The molecular weight excluding hydrogens is 240 g/mol. The molecule has 0 amide bonds. The molecule has 1 heterocycles. The average Bonchev–Trinajstić information content (AvgIpc) is 2.30. The van der Waals surface area contributed by atoms with Gasteiger partial charge in [0.15, 0.2) is 0 Å². The summed E-state index contributed by atoms with van der Waals surface area (Å²) in [6.07, 6.45) is 3.82. The molecule has 5 nitrogen and oxygen atoms in total. The van der Waals surface area contributed by atoms with Crippen molar-refractivity contribution in [2.75, 3.05) is 39.1 Å². The second-order valence-corrected chi connectivity index (χ2v) is 6.47. The summed E-state index contributed by atoms with van der Waals surface area (Å²) in [6, 6.07) is 0. The fourth-order valence-corrected chi connectivity index (χ4v) is 3.13. The molecule has 0 bridgehead atoms. The van der Waals surface area contributed by atoms with Gasteiger partial charge in [0, 0.05) is 20.3 Å². The number of hydrogen-bond acceptors (Lipinski definition) is 4. The second-order valence-electron chi connectivity index (χ2n) is 4.54. The Balaban J connectivity index is 2.11. The highest BCUT2D eigenvalue weighted by atomic mass is 32.2. The summed E-state index contributed by atoms with van der Waals surface area (Å²) in [7, 11) is -1.52. The van der Waals surface area contributed by atoms with Gasteiger partial charge in [0.05, 0.1) is 5.75 Å². The molecule has 0 aromatic heterocycles. The van der Waals surface area contributed by atoms with Gasteiger partial charge in [0.2, 0.25) is 10.0 Å². The molecule has 0 unspecified atom stereocenters. The van der Waals surface area contributed by atoms with Gasteiger partial charge < -0.3 is 10.1 Å². The van der Waals surface area contributed by atoms with Gasteiger partial charge in [-0.05, 0) is 44.7 Å². The lowest BCUT2D eigenvalue weighted by atomic mass is 9.95. The van der Waals surface area contributed by atoms with Crippen molar-refractivity contribution in [2.24, 2.45) is 5.92 Å². The topological polar surface area (TPSA) is 67.4 Å². The van der Waals surface area contributed by atoms with Gasteiger partial charge in [-0.2, -0.15) is 0 Å². The van der Waals surface area contributed by atoms with Gasteiger partial charge in [-0.3, -0.25) is 0 Å². The highest BCUT2D eigenvalue weighted by Crippen LogP contribution is 2.14. The van der Waals surface area contributed by atoms with E-state index >= 15 is 0 Å². The largest absolute Gasteiger partial charge is 0.385 e. The standard InChI is InChI=1S/C11H24N2O3S/c1-16-9-2-10-17(14,15)13-8-5-11-3-6-12-7-4-11/h11-13H,2-10H2,1H3. The molecule has 1 aliphatic heterocycles. The predicted molar refractivity (Wildman–Crippen MR) is 68.5 cm³/mol. The Morgan fingerprint density at radius 3 is 2.71 bits per heavy atom. The van der Waals surface area contributed by atoms with Gasteiger partial charge in [-0.25, -0.2) is 13.1 Å². The molecule has 1 saturated heterocycles. The van der Waals surface area contributed by atoms with E-state index in [1.54, 1.807) is 7.11 Å². The summed E-state index contributed by atoms with van der Waals surface area (Å²) in [6.45, 7) is 3.19. The molecule has 1 aliphatic rings. The zero-order valence-corrected chi connectivity index (χ0v) is 11.4. The first-order valence-electron chi connectivity index (χ1n) is 6.31. The third-order valence-corrected chi connectivity index (χ3v) is 4.56. The molecule has 0 saturated carbocycles. The Bertz CT molecular complexity index is 287. The van der Waals surface area contributed by atoms with E-state index in [0.717, 1.165) is 32.4 Å². The summed E-state index contributed by atoms with van der Waals surface area (Å²) >= 11 is 0. The highest BCUT2D eigenvalue weighted by Gasteiger charge is 2.14. The van der Waals surface area contributed by atoms with E-state index in [4.69, 9.17) is 4.74 Å². The minimum atomic E-state index is -3.10. The maximum atomic E-state index is 11.6. The molecule has 6 heteroatoms. The first kappa shape index (κ1) is 14.9. The molecule has 0 aromatic carbocycles. The number of methoxy groups -OCH3 is 1. The monoisotopic (exact) mass is 264 g/mol. The van der Waals surface area contributed by atoms with Crippen molar-refractivity contribution in [3.05, 3.63) is 0 Å². The predicted octanol–water partition coefficient (Wildman–Crippen LogP) is 0.332. The van der Waals surface area contributed by atoms with E-state index in [-0.39, 0.29) is 5.75 Å². The van der Waals surface area contributed by atoms with Crippen LogP contribution in [0.1, 0.15) is 25.7 Å². The van der Waals surface area contributed by atoms with E-state index in [2.05, 4.69) is 10.0 Å². The molecule has 0 aromatic rings. The van der Waals surface area contributed by atoms with E-state index in [9.17, 15) is 8.42 Å². The minimum Gasteiger partial charge on any atom is -0.385 e. The molecule has 0 radical (unpaired) electrons. The van der Waals surface area contributed by atoms with Crippen LogP contribution < -0.4 is 10.0 Å². The van der Waals surface area contributed by atoms with Crippen LogP contribution in [0.25, 0.3) is 0 Å². The first-order chi connectivity index (χ1) is 8.14. The number of hydrogen-bond donors (Lipinski definition) is 2. The Hall–Kier alpha value is -0.170. The van der Waals surface area contributed by atoms with Gasteiger partial charge in [0.25, 0.3) is 0 Å². The van der Waals surface area contributed by atoms with E-state index < -0.39 is 10.0 Å². The maximum absolute atomic E-state index is 11.6. The van der Waals surface area contributed by atoms with Crippen LogP contribution in [0.3, 0.4) is 0 Å². The lowest BCUT2D eigenvalue weighted by Gasteiger charge is -2.22. The molecule has 2 N–H and O–H groups in total. The van der Waals surface area contributed by atoms with Crippen molar-refractivity contribution < 1.29 is 13.2 Å². The van der Waals surface area contributed by atoms with Crippen LogP contribution in [-0.4, -0.2) is 47.5 Å². The third kappa shape index (κ3) is 6.98. The fourth-order valence-electron chi connectivity index (χ4n) is 2.05. The Morgan fingerprint density at radius 2 is 2.06 bits per heavy atom. The van der Waals surface area contributed by atoms with E-state index in [1.165, 1.54) is 0 Å². The maximum Gasteiger partial charge on any atom is 0.211 e. The number of sulfonamides is 1. The normalized spacial score (nSPS) is 18.4. The summed E-state index contributed by atoms with van der Waals surface area (Å²) in [4.78, 5) is 0. The third-order valence-electron chi connectivity index (χ3n) is 3.09. The van der Waals surface area contributed by atoms with Gasteiger partial charge in [-0.15, -0.1) is 0 Å². The number of piperidine rings is 1. The summed E-state index contributed by atoms with van der Waals surface area (Å²) in [5.74, 6) is 0.825. The van der Waals surface area contributed by atoms with Crippen LogP contribution in [0.5, 0.6) is 0 Å². The SMILES string of the molecule is COCCCS(=O)(=O)NCCC1CCNCC1. The summed E-state index contributed by atoms with van der Waals surface area (Å²) in [5.41, 5.74) is 0. The quantitative estimate of drug-likeness (QED) is 0.620. The highest BCUT2D eigenvalue weighted by molar-refractivity contribution is 7.89. The van der Waals surface area contributed by atoms with Gasteiger partial charge in [-0.1, -0.05) is 0 Å². The fraction of sp³-hybridized carbons (Fsp3) is 1.00.